The van der Waals surface area contributed by atoms with E-state index in [1.165, 1.54) is 35.1 Å². The zero-order chi connectivity index (χ0) is 12.4. The lowest BCUT2D eigenvalue weighted by atomic mass is 10.3. The summed E-state index contributed by atoms with van der Waals surface area (Å²) in [4.78, 5) is 9.99. The number of non-ortho nitro benzene ring substituents is 1. The fraction of sp³-hybridized carbons (Fsp3) is 0. The van der Waals surface area contributed by atoms with E-state index in [1.54, 1.807) is 0 Å². The maximum absolute atomic E-state index is 10.5. The molecule has 7 nitrogen and oxygen atoms in total. The van der Waals surface area contributed by atoms with Crippen LogP contribution in [0.5, 0.6) is 0 Å². The van der Waals surface area contributed by atoms with Gasteiger partial charge in [0, 0.05) is 12.1 Å². The highest BCUT2D eigenvalue weighted by molar-refractivity contribution is 5.49. The molecule has 17 heavy (non-hydrogen) atoms. The van der Waals surface area contributed by atoms with Crippen LogP contribution in [0, 0.1) is 21.4 Å². The summed E-state index contributed by atoms with van der Waals surface area (Å²) in [5.41, 5.74) is 6.37. The van der Waals surface area contributed by atoms with Crippen LogP contribution < -0.4 is 5.73 Å². The van der Waals surface area contributed by atoms with Crippen molar-refractivity contribution in [2.75, 3.05) is 5.73 Å². The fourth-order valence-corrected chi connectivity index (χ4v) is 1.33. The second kappa shape index (κ2) is 3.94. The molecule has 0 saturated carbocycles. The van der Waals surface area contributed by atoms with Crippen LogP contribution in [0.4, 0.5) is 11.5 Å². The minimum absolute atomic E-state index is 0.00520. The predicted octanol–water partition coefficient (Wildman–Crippen LogP) is 1.23. The van der Waals surface area contributed by atoms with E-state index in [0.717, 1.165) is 0 Å². The summed E-state index contributed by atoms with van der Waals surface area (Å²) in [6, 6.07) is 7.69. The van der Waals surface area contributed by atoms with Crippen molar-refractivity contribution in [2.45, 2.75) is 0 Å². The van der Waals surface area contributed by atoms with Crippen LogP contribution in [0.15, 0.2) is 30.5 Å². The third-order valence-corrected chi connectivity index (χ3v) is 2.19. The highest BCUT2D eigenvalue weighted by atomic mass is 16.6. The SMILES string of the molecule is N#Cc1cn(-c2ccc([N+](=O)[O-])cc2)nc1N. The average molecular weight is 229 g/mol. The van der Waals surface area contributed by atoms with Gasteiger partial charge in [-0.2, -0.15) is 5.26 Å². The van der Waals surface area contributed by atoms with Gasteiger partial charge in [-0.25, -0.2) is 4.68 Å². The van der Waals surface area contributed by atoms with E-state index in [4.69, 9.17) is 11.0 Å². The minimum Gasteiger partial charge on any atom is -0.381 e. The van der Waals surface area contributed by atoms with E-state index < -0.39 is 4.92 Å². The highest BCUT2D eigenvalue weighted by Crippen LogP contribution is 2.17. The van der Waals surface area contributed by atoms with Gasteiger partial charge in [0.1, 0.15) is 11.6 Å². The third-order valence-electron chi connectivity index (χ3n) is 2.19. The predicted molar refractivity (Wildman–Crippen MR) is 59.3 cm³/mol. The largest absolute Gasteiger partial charge is 0.381 e. The summed E-state index contributed by atoms with van der Waals surface area (Å²) in [6.45, 7) is 0. The number of hydrogen-bond donors (Lipinski definition) is 1. The summed E-state index contributed by atoms with van der Waals surface area (Å²) in [5, 5.41) is 23.1. The number of anilines is 1. The maximum Gasteiger partial charge on any atom is 0.269 e. The van der Waals surface area contributed by atoms with Crippen LogP contribution >= 0.6 is 0 Å². The minimum atomic E-state index is -0.484. The molecule has 0 saturated heterocycles. The van der Waals surface area contributed by atoms with Crippen molar-refractivity contribution in [1.82, 2.24) is 9.78 Å². The first-order chi connectivity index (χ1) is 8.11. The summed E-state index contributed by atoms with van der Waals surface area (Å²) in [7, 11) is 0. The van der Waals surface area contributed by atoms with E-state index >= 15 is 0 Å². The second-order valence-corrected chi connectivity index (χ2v) is 3.26. The molecule has 0 fully saturated rings. The number of rotatable bonds is 2. The Bertz CT molecular complexity index is 609. The molecule has 7 heteroatoms. The zero-order valence-corrected chi connectivity index (χ0v) is 8.57. The first-order valence-corrected chi connectivity index (χ1v) is 4.62. The number of nitrogens with zero attached hydrogens (tertiary/aromatic N) is 4. The number of nitriles is 1. The zero-order valence-electron chi connectivity index (χ0n) is 8.57. The lowest BCUT2D eigenvalue weighted by Gasteiger charge is -1.99. The van der Waals surface area contributed by atoms with Gasteiger partial charge in [-0.3, -0.25) is 10.1 Å². The van der Waals surface area contributed by atoms with Gasteiger partial charge in [-0.1, -0.05) is 0 Å². The van der Waals surface area contributed by atoms with E-state index in [2.05, 4.69) is 5.10 Å². The molecule has 2 N–H and O–H groups in total. The first kappa shape index (κ1) is 10.6. The van der Waals surface area contributed by atoms with Crippen molar-refractivity contribution in [1.29, 1.82) is 5.26 Å². The molecule has 0 aliphatic rings. The Labute approximate surface area is 95.8 Å². The molecular weight excluding hydrogens is 222 g/mol. The summed E-state index contributed by atoms with van der Waals surface area (Å²) in [6.07, 6.45) is 1.47. The quantitative estimate of drug-likeness (QED) is 0.615. The Balaban J connectivity index is 2.40. The normalized spacial score (nSPS) is 9.82. The van der Waals surface area contributed by atoms with Crippen LogP contribution in [0.25, 0.3) is 5.69 Å². The Morgan fingerprint density at radius 3 is 2.53 bits per heavy atom. The fourth-order valence-electron chi connectivity index (χ4n) is 1.33. The molecule has 0 radical (unpaired) electrons. The monoisotopic (exact) mass is 229 g/mol. The number of hydrogen-bond acceptors (Lipinski definition) is 5. The molecule has 0 spiro atoms. The maximum atomic E-state index is 10.5. The van der Waals surface area contributed by atoms with E-state index in [1.807, 2.05) is 6.07 Å². The Morgan fingerprint density at radius 1 is 1.41 bits per heavy atom. The van der Waals surface area contributed by atoms with Crippen LogP contribution in [0.2, 0.25) is 0 Å². The van der Waals surface area contributed by atoms with Gasteiger partial charge in [-0.15, -0.1) is 5.10 Å². The van der Waals surface area contributed by atoms with Crippen LogP contribution in [0.3, 0.4) is 0 Å². The molecule has 84 valence electrons. The number of nitro groups is 1. The van der Waals surface area contributed by atoms with Gasteiger partial charge < -0.3 is 5.73 Å². The molecule has 0 bridgehead atoms. The van der Waals surface area contributed by atoms with Gasteiger partial charge in [0.25, 0.3) is 5.69 Å². The Hall–Kier alpha value is -2.88. The molecule has 0 atom stereocenters. The van der Waals surface area contributed by atoms with E-state index in [9.17, 15) is 10.1 Å². The van der Waals surface area contributed by atoms with Crippen LogP contribution in [0.1, 0.15) is 5.56 Å². The Kier molecular flexibility index (Phi) is 2.46. The molecule has 2 rings (SSSR count). The molecule has 0 aliphatic heterocycles. The topological polar surface area (TPSA) is 111 Å². The van der Waals surface area contributed by atoms with Gasteiger partial charge in [-0.05, 0) is 12.1 Å². The lowest BCUT2D eigenvalue weighted by Crippen LogP contribution is -1.96. The number of nitrogens with two attached hydrogens (primary N) is 1. The van der Waals surface area contributed by atoms with Crippen LogP contribution in [-0.4, -0.2) is 14.7 Å². The average Bonchev–Trinajstić information content (AvgIpc) is 2.70. The third kappa shape index (κ3) is 1.91. The lowest BCUT2D eigenvalue weighted by molar-refractivity contribution is -0.384. The standard InChI is InChI=1S/C10H7N5O2/c11-5-7-6-14(13-10(7)12)8-1-3-9(4-2-8)15(16)17/h1-4,6H,(H2,12,13). The van der Waals surface area contributed by atoms with Gasteiger partial charge in [0.15, 0.2) is 5.82 Å². The highest BCUT2D eigenvalue weighted by Gasteiger charge is 2.08. The van der Waals surface area contributed by atoms with E-state index in [-0.39, 0.29) is 17.1 Å². The Morgan fingerprint density at radius 2 is 2.06 bits per heavy atom. The summed E-state index contributed by atoms with van der Waals surface area (Å²) in [5.74, 6) is 0.130. The number of nitrogen functional groups attached to an aromatic ring is 1. The van der Waals surface area contributed by atoms with Crippen molar-refractivity contribution in [3.8, 4) is 11.8 Å². The first-order valence-electron chi connectivity index (χ1n) is 4.62. The van der Waals surface area contributed by atoms with Gasteiger partial charge in [0.05, 0.1) is 16.8 Å². The molecule has 0 unspecified atom stereocenters. The number of nitro benzene ring substituents is 1. The number of benzene rings is 1. The number of aromatic nitrogens is 2. The van der Waals surface area contributed by atoms with E-state index in [0.29, 0.717) is 5.69 Å². The summed E-state index contributed by atoms with van der Waals surface area (Å²) >= 11 is 0. The van der Waals surface area contributed by atoms with Crippen molar-refractivity contribution < 1.29 is 4.92 Å². The van der Waals surface area contributed by atoms with Crippen molar-refractivity contribution in [2.24, 2.45) is 0 Å². The smallest absolute Gasteiger partial charge is 0.269 e. The van der Waals surface area contributed by atoms with Gasteiger partial charge >= 0.3 is 0 Å². The summed E-state index contributed by atoms with van der Waals surface area (Å²) < 4.78 is 1.40. The van der Waals surface area contributed by atoms with Gasteiger partial charge in [0.2, 0.25) is 0 Å². The molecule has 2 aromatic rings. The second-order valence-electron chi connectivity index (χ2n) is 3.26. The molecule has 1 aromatic heterocycles. The molecular formula is C10H7N5O2. The molecule has 1 aromatic carbocycles. The van der Waals surface area contributed by atoms with Crippen molar-refractivity contribution in [3.05, 3.63) is 46.1 Å². The molecule has 0 amide bonds. The van der Waals surface area contributed by atoms with Crippen molar-refractivity contribution in [3.63, 3.8) is 0 Å². The molecule has 0 aliphatic carbocycles. The van der Waals surface area contributed by atoms with Crippen molar-refractivity contribution >= 4 is 11.5 Å². The van der Waals surface area contributed by atoms with Crippen LogP contribution in [-0.2, 0) is 0 Å². The molecule has 1 heterocycles.